The second kappa shape index (κ2) is 11.4. The van der Waals surface area contributed by atoms with Crippen LogP contribution in [-0.2, 0) is 4.74 Å². The second-order valence-electron chi connectivity index (χ2n) is 11.7. The molecule has 12 heteroatoms. The number of nitro groups is 1. The summed E-state index contributed by atoms with van der Waals surface area (Å²) in [5.41, 5.74) is 0.0878. The van der Waals surface area contributed by atoms with Crippen LogP contribution in [0.25, 0.3) is 22.0 Å². The van der Waals surface area contributed by atoms with E-state index in [4.69, 9.17) is 4.74 Å². The molecule has 1 saturated heterocycles. The molecule has 1 N–H and O–H groups in total. The number of aryl methyl sites for hydroxylation is 2. The molecular weight excluding hydrogens is 555 g/mol. The standard InChI is InChI=1S/C31H33FN6O5/c1-18-8-6-9-20-13-14-33-27(25(18)20)37(22-10-7-15-36(17-22)30(40)43-31(3,4)5)29(39)23-12-11-21(16-24(23)32)26-28(38(41)42)35-19(2)34-26/h6,8-9,11-14,16,22H,7,10,15,17H2,1-5H3,(H,34,35)/t22-/m1/s1. The molecule has 2 aromatic carbocycles. The molecule has 0 radical (unpaired) electrons. The van der Waals surface area contributed by atoms with Crippen molar-refractivity contribution < 1.29 is 23.6 Å². The van der Waals surface area contributed by atoms with Crippen molar-refractivity contribution in [2.45, 2.75) is 59.1 Å². The summed E-state index contributed by atoms with van der Waals surface area (Å²) >= 11 is 0. The van der Waals surface area contributed by atoms with Crippen LogP contribution in [0, 0.1) is 29.8 Å². The molecule has 224 valence electrons. The lowest BCUT2D eigenvalue weighted by molar-refractivity contribution is -0.388. The number of benzene rings is 2. The molecular formula is C31H33FN6O5. The van der Waals surface area contributed by atoms with Crippen LogP contribution >= 0.6 is 0 Å². The Morgan fingerprint density at radius 3 is 2.65 bits per heavy atom. The first-order chi connectivity index (χ1) is 20.3. The lowest BCUT2D eigenvalue weighted by Gasteiger charge is -2.39. The molecule has 1 aliphatic heterocycles. The zero-order chi connectivity index (χ0) is 31.1. The average molecular weight is 589 g/mol. The monoisotopic (exact) mass is 588 g/mol. The van der Waals surface area contributed by atoms with Crippen molar-refractivity contribution in [3.63, 3.8) is 0 Å². The van der Waals surface area contributed by atoms with Gasteiger partial charge in [-0.1, -0.05) is 24.3 Å². The van der Waals surface area contributed by atoms with Crippen LogP contribution in [0.4, 0.5) is 20.8 Å². The maximum atomic E-state index is 15.8. The summed E-state index contributed by atoms with van der Waals surface area (Å²) < 4.78 is 21.4. The lowest BCUT2D eigenvalue weighted by Crippen LogP contribution is -2.53. The van der Waals surface area contributed by atoms with Gasteiger partial charge < -0.3 is 19.8 Å². The van der Waals surface area contributed by atoms with Crippen molar-refractivity contribution in [3.8, 4) is 11.3 Å². The van der Waals surface area contributed by atoms with E-state index in [1.807, 2.05) is 31.2 Å². The summed E-state index contributed by atoms with van der Waals surface area (Å²) in [7, 11) is 0. The number of carbonyl (C=O) groups excluding carboxylic acids is 2. The molecule has 0 bridgehead atoms. The van der Waals surface area contributed by atoms with Crippen molar-refractivity contribution in [3.05, 3.63) is 81.5 Å². The molecule has 1 fully saturated rings. The number of likely N-dealkylation sites (tertiary alicyclic amines) is 1. The average Bonchev–Trinajstić information content (AvgIpc) is 3.34. The number of fused-ring (bicyclic) bond motifs is 1. The number of aromatic nitrogens is 3. The van der Waals surface area contributed by atoms with Crippen LogP contribution < -0.4 is 4.90 Å². The van der Waals surface area contributed by atoms with Gasteiger partial charge in [0.2, 0.25) is 0 Å². The van der Waals surface area contributed by atoms with E-state index in [2.05, 4.69) is 15.0 Å². The molecule has 0 aliphatic carbocycles. The fourth-order valence-corrected chi connectivity index (χ4v) is 5.44. The van der Waals surface area contributed by atoms with Gasteiger partial charge in [0.1, 0.15) is 17.2 Å². The van der Waals surface area contributed by atoms with Crippen LogP contribution in [0.5, 0.6) is 0 Å². The number of carbonyl (C=O) groups is 2. The first kappa shape index (κ1) is 29.6. The summed E-state index contributed by atoms with van der Waals surface area (Å²) in [5, 5.41) is 13.1. The highest BCUT2D eigenvalue weighted by atomic mass is 19.1. The first-order valence-corrected chi connectivity index (χ1v) is 14.0. The third-order valence-corrected chi connectivity index (χ3v) is 7.30. The largest absolute Gasteiger partial charge is 0.444 e. The van der Waals surface area contributed by atoms with Crippen LogP contribution in [0.15, 0.2) is 48.7 Å². The van der Waals surface area contributed by atoms with Crippen LogP contribution in [0.2, 0.25) is 0 Å². The van der Waals surface area contributed by atoms with Gasteiger partial charge in [0, 0.05) is 37.2 Å². The number of aromatic amines is 1. The number of piperidine rings is 1. The van der Waals surface area contributed by atoms with Gasteiger partial charge in [-0.15, -0.1) is 0 Å². The molecule has 2 aromatic heterocycles. The Hall–Kier alpha value is -4.87. The van der Waals surface area contributed by atoms with Gasteiger partial charge >= 0.3 is 11.9 Å². The number of pyridine rings is 1. The molecule has 3 heterocycles. The van der Waals surface area contributed by atoms with Gasteiger partial charge in [0.15, 0.2) is 11.5 Å². The molecule has 2 amide bonds. The van der Waals surface area contributed by atoms with E-state index in [1.165, 1.54) is 17.0 Å². The number of amides is 2. The number of imidazole rings is 1. The van der Waals surface area contributed by atoms with Crippen LogP contribution in [0.1, 0.15) is 55.4 Å². The van der Waals surface area contributed by atoms with Gasteiger partial charge in [-0.05, 0) is 74.6 Å². The lowest BCUT2D eigenvalue weighted by atomic mass is 9.99. The minimum Gasteiger partial charge on any atom is -0.444 e. The Balaban J connectivity index is 1.58. The van der Waals surface area contributed by atoms with Crippen molar-refractivity contribution >= 4 is 34.4 Å². The van der Waals surface area contributed by atoms with Gasteiger partial charge in [0.05, 0.1) is 11.6 Å². The Morgan fingerprint density at radius 1 is 1.19 bits per heavy atom. The third-order valence-electron chi connectivity index (χ3n) is 7.30. The summed E-state index contributed by atoms with van der Waals surface area (Å²) in [5.74, 6) is -1.20. The topological polar surface area (TPSA) is 135 Å². The number of anilines is 1. The zero-order valence-electron chi connectivity index (χ0n) is 24.7. The van der Waals surface area contributed by atoms with Crippen LogP contribution in [-0.4, -0.2) is 61.5 Å². The van der Waals surface area contributed by atoms with Crippen molar-refractivity contribution in [2.75, 3.05) is 18.0 Å². The number of rotatable bonds is 5. The minimum atomic E-state index is -0.862. The third kappa shape index (κ3) is 6.04. The second-order valence-corrected chi connectivity index (χ2v) is 11.7. The summed E-state index contributed by atoms with van der Waals surface area (Å²) in [6, 6.07) is 10.9. The van der Waals surface area contributed by atoms with Gasteiger partial charge in [0.25, 0.3) is 5.91 Å². The first-order valence-electron chi connectivity index (χ1n) is 14.0. The Morgan fingerprint density at radius 2 is 1.95 bits per heavy atom. The summed E-state index contributed by atoms with van der Waals surface area (Å²) in [6.07, 6.45) is 2.26. The fourth-order valence-electron chi connectivity index (χ4n) is 5.44. The molecule has 4 aromatic rings. The molecule has 0 spiro atoms. The number of hydrogen-bond acceptors (Lipinski definition) is 7. The van der Waals surface area contributed by atoms with Crippen LogP contribution in [0.3, 0.4) is 0 Å². The fraction of sp³-hybridized carbons (Fsp3) is 0.355. The van der Waals surface area contributed by atoms with Gasteiger partial charge in [-0.3, -0.25) is 9.69 Å². The Labute approximate surface area is 247 Å². The normalized spacial score (nSPS) is 15.4. The highest BCUT2D eigenvalue weighted by molar-refractivity contribution is 6.11. The van der Waals surface area contributed by atoms with Gasteiger partial charge in [-0.25, -0.2) is 24.1 Å². The number of nitrogens with zero attached hydrogens (tertiary/aromatic N) is 5. The molecule has 43 heavy (non-hydrogen) atoms. The number of ether oxygens (including phenoxy) is 1. The summed E-state index contributed by atoms with van der Waals surface area (Å²) in [6.45, 7) is 9.47. The maximum absolute atomic E-state index is 15.8. The Bertz CT molecular complexity index is 1720. The van der Waals surface area contributed by atoms with E-state index in [0.717, 1.165) is 22.4 Å². The van der Waals surface area contributed by atoms with E-state index in [1.54, 1.807) is 38.8 Å². The number of halogens is 1. The number of hydrogen-bond donors (Lipinski definition) is 1. The van der Waals surface area contributed by atoms with E-state index in [9.17, 15) is 19.7 Å². The van der Waals surface area contributed by atoms with E-state index >= 15 is 4.39 Å². The highest BCUT2D eigenvalue weighted by Gasteiger charge is 2.36. The maximum Gasteiger partial charge on any atom is 0.410 e. The predicted molar refractivity (Wildman–Crippen MR) is 159 cm³/mol. The van der Waals surface area contributed by atoms with E-state index < -0.39 is 34.4 Å². The smallest absolute Gasteiger partial charge is 0.410 e. The zero-order valence-corrected chi connectivity index (χ0v) is 24.7. The van der Waals surface area contributed by atoms with Crippen molar-refractivity contribution in [2.24, 2.45) is 0 Å². The molecule has 0 unspecified atom stereocenters. The quantitative estimate of drug-likeness (QED) is 0.212. The van der Waals surface area contributed by atoms with Gasteiger partial charge in [-0.2, -0.15) is 0 Å². The van der Waals surface area contributed by atoms with E-state index in [-0.39, 0.29) is 29.2 Å². The highest BCUT2D eigenvalue weighted by Crippen LogP contribution is 2.34. The molecule has 0 saturated carbocycles. The van der Waals surface area contributed by atoms with Crippen molar-refractivity contribution in [1.29, 1.82) is 0 Å². The summed E-state index contributed by atoms with van der Waals surface area (Å²) in [4.78, 5) is 52.6. The number of H-pyrrole nitrogens is 1. The molecule has 11 nitrogen and oxygen atoms in total. The Kier molecular flexibility index (Phi) is 7.87. The molecule has 5 rings (SSSR count). The minimum absolute atomic E-state index is 0.0242. The van der Waals surface area contributed by atoms with E-state index in [0.29, 0.717) is 31.0 Å². The number of nitrogens with one attached hydrogen (secondary N) is 1. The molecule has 1 aliphatic rings. The van der Waals surface area contributed by atoms with Crippen molar-refractivity contribution in [1.82, 2.24) is 19.9 Å². The predicted octanol–water partition coefficient (Wildman–Crippen LogP) is 6.34. The SMILES string of the molecule is Cc1nc(-c2ccc(C(=O)N(c3nccc4cccc(C)c34)[C@@H]3CCCN(C(=O)OC(C)(C)C)C3)c(F)c2)c([N+](=O)[O-])[nH]1. The molecule has 1 atom stereocenters.